The van der Waals surface area contributed by atoms with Crippen LogP contribution in [0, 0.1) is 0 Å². The molecule has 0 radical (unpaired) electrons. The van der Waals surface area contributed by atoms with Crippen molar-refractivity contribution in [3.8, 4) is 0 Å². The van der Waals surface area contributed by atoms with E-state index >= 15 is 0 Å². The van der Waals surface area contributed by atoms with Crippen molar-refractivity contribution in [2.75, 3.05) is 13.3 Å². The monoisotopic (exact) mass is 161 g/mol. The van der Waals surface area contributed by atoms with Gasteiger partial charge in [0.15, 0.2) is 0 Å². The van der Waals surface area contributed by atoms with E-state index in [2.05, 4.69) is 5.32 Å². The molecule has 0 aliphatic carbocycles. The smallest absolute Gasteiger partial charge is 0.305 e. The molecule has 0 heterocycles. The summed E-state index contributed by atoms with van der Waals surface area (Å²) in [7, 11) is 0. The molecule has 11 heavy (non-hydrogen) atoms. The van der Waals surface area contributed by atoms with Crippen LogP contribution < -0.4 is 5.32 Å². The largest absolute Gasteiger partial charge is 0.481 e. The van der Waals surface area contributed by atoms with E-state index in [-0.39, 0.29) is 25.7 Å². The summed E-state index contributed by atoms with van der Waals surface area (Å²) in [5.74, 6) is -1.10. The molecule has 0 saturated carbocycles. The number of hydrogen-bond acceptors (Lipinski definition) is 3. The van der Waals surface area contributed by atoms with Gasteiger partial charge in [-0.3, -0.25) is 9.59 Å². The van der Waals surface area contributed by atoms with Crippen molar-refractivity contribution in [2.45, 2.75) is 13.3 Å². The number of carbonyl (C=O) groups excluding carboxylic acids is 1. The fraction of sp³-hybridized carbons (Fsp3) is 0.667. The summed E-state index contributed by atoms with van der Waals surface area (Å²) in [6, 6.07) is 0. The molecule has 0 aromatic heterocycles. The molecule has 0 aliphatic heterocycles. The highest BCUT2D eigenvalue weighted by Crippen LogP contribution is 1.80. The third kappa shape index (κ3) is 8.90. The lowest BCUT2D eigenvalue weighted by atomic mass is 10.5. The van der Waals surface area contributed by atoms with Crippen LogP contribution in [0.3, 0.4) is 0 Å². The van der Waals surface area contributed by atoms with Gasteiger partial charge in [-0.1, -0.05) is 0 Å². The molecule has 0 aliphatic rings. The second-order valence-electron chi connectivity index (χ2n) is 1.93. The highest BCUT2D eigenvalue weighted by Gasteiger charge is 1.95. The van der Waals surface area contributed by atoms with E-state index in [1.807, 2.05) is 0 Å². The Hall–Kier alpha value is -1.10. The van der Waals surface area contributed by atoms with E-state index in [0.29, 0.717) is 0 Å². The molecule has 2 N–H and O–H groups in total. The van der Waals surface area contributed by atoms with E-state index in [4.69, 9.17) is 9.84 Å². The Morgan fingerprint density at radius 1 is 1.55 bits per heavy atom. The topological polar surface area (TPSA) is 75.6 Å². The van der Waals surface area contributed by atoms with Crippen molar-refractivity contribution in [3.63, 3.8) is 0 Å². The Bertz CT molecular complexity index is 130. The highest BCUT2D eigenvalue weighted by atomic mass is 16.5. The third-order valence-corrected chi connectivity index (χ3v) is 0.883. The summed E-state index contributed by atoms with van der Waals surface area (Å²) in [5.41, 5.74) is 0. The Labute approximate surface area is 64.3 Å². The van der Waals surface area contributed by atoms with Gasteiger partial charge in [0.25, 0.3) is 0 Å². The molecule has 5 heteroatoms. The van der Waals surface area contributed by atoms with Gasteiger partial charge in [0, 0.05) is 6.92 Å². The minimum atomic E-state index is -0.909. The summed E-state index contributed by atoms with van der Waals surface area (Å²) in [6.45, 7) is 1.55. The lowest BCUT2D eigenvalue weighted by Gasteiger charge is -2.01. The van der Waals surface area contributed by atoms with Crippen LogP contribution in [0.4, 0.5) is 0 Å². The van der Waals surface area contributed by atoms with E-state index in [1.54, 1.807) is 0 Å². The maximum Gasteiger partial charge on any atom is 0.305 e. The third-order valence-electron chi connectivity index (χ3n) is 0.883. The van der Waals surface area contributed by atoms with Gasteiger partial charge in [-0.05, 0) is 0 Å². The number of aliphatic carboxylic acids is 1. The molecule has 0 aromatic rings. The van der Waals surface area contributed by atoms with Crippen LogP contribution in [-0.2, 0) is 14.3 Å². The van der Waals surface area contributed by atoms with Crippen LogP contribution in [-0.4, -0.2) is 30.3 Å². The highest BCUT2D eigenvalue weighted by molar-refractivity contribution is 5.72. The van der Waals surface area contributed by atoms with Crippen LogP contribution >= 0.6 is 0 Å². The van der Waals surface area contributed by atoms with Crippen LogP contribution in [0.5, 0.6) is 0 Å². The number of rotatable bonds is 5. The zero-order valence-electron chi connectivity index (χ0n) is 6.29. The average molecular weight is 161 g/mol. The van der Waals surface area contributed by atoms with Crippen molar-refractivity contribution in [1.29, 1.82) is 0 Å². The standard InChI is InChI=1S/C6H11NO4/c1-5(8)7-4-11-3-2-6(9)10/h2-4H2,1H3,(H,7,8)(H,9,10). The number of ether oxygens (including phenoxy) is 1. The Balaban J connectivity index is 3.03. The first-order chi connectivity index (χ1) is 5.13. The number of hydrogen-bond donors (Lipinski definition) is 2. The maximum atomic E-state index is 10.2. The van der Waals surface area contributed by atoms with Crippen molar-refractivity contribution in [3.05, 3.63) is 0 Å². The summed E-state index contributed by atoms with van der Waals surface area (Å²) < 4.78 is 4.74. The molecule has 0 unspecified atom stereocenters. The van der Waals surface area contributed by atoms with Crippen LogP contribution in [0.15, 0.2) is 0 Å². The fourth-order valence-electron chi connectivity index (χ4n) is 0.384. The molecule has 0 atom stereocenters. The van der Waals surface area contributed by atoms with Crippen LogP contribution in [0.2, 0.25) is 0 Å². The quantitative estimate of drug-likeness (QED) is 0.424. The van der Waals surface area contributed by atoms with E-state index in [1.165, 1.54) is 6.92 Å². The first-order valence-corrected chi connectivity index (χ1v) is 3.17. The predicted molar refractivity (Wildman–Crippen MR) is 36.9 cm³/mol. The molecule has 0 fully saturated rings. The summed E-state index contributed by atoms with van der Waals surface area (Å²) >= 11 is 0. The fourth-order valence-corrected chi connectivity index (χ4v) is 0.384. The van der Waals surface area contributed by atoms with Gasteiger partial charge in [0.1, 0.15) is 6.73 Å². The molecule has 5 nitrogen and oxygen atoms in total. The Kier molecular flexibility index (Phi) is 5.10. The van der Waals surface area contributed by atoms with Gasteiger partial charge in [-0.2, -0.15) is 0 Å². The van der Waals surface area contributed by atoms with Crippen molar-refractivity contribution in [1.82, 2.24) is 5.32 Å². The van der Waals surface area contributed by atoms with Gasteiger partial charge in [-0.15, -0.1) is 0 Å². The predicted octanol–water partition coefficient (Wildman–Crippen LogP) is -0.429. The average Bonchev–Trinajstić information content (AvgIpc) is 1.85. The molecule has 0 rings (SSSR count). The lowest BCUT2D eigenvalue weighted by molar-refractivity contribution is -0.138. The minimum absolute atomic E-state index is 0.0421. The molecule has 0 saturated heterocycles. The van der Waals surface area contributed by atoms with Crippen molar-refractivity contribution < 1.29 is 19.4 Å². The number of carboxylic acids is 1. The molecule has 0 spiro atoms. The van der Waals surface area contributed by atoms with Gasteiger partial charge in [0.05, 0.1) is 13.0 Å². The number of carboxylic acid groups (broad SMARTS) is 1. The lowest BCUT2D eigenvalue weighted by Crippen LogP contribution is -2.23. The van der Waals surface area contributed by atoms with Crippen molar-refractivity contribution in [2.24, 2.45) is 0 Å². The minimum Gasteiger partial charge on any atom is -0.481 e. The summed E-state index contributed by atoms with van der Waals surface area (Å²) in [6.07, 6.45) is -0.0421. The SMILES string of the molecule is CC(=O)NCOCCC(=O)O. The summed E-state index contributed by atoms with van der Waals surface area (Å²) in [5, 5.41) is 10.5. The number of amides is 1. The van der Waals surface area contributed by atoms with E-state index < -0.39 is 5.97 Å². The Morgan fingerprint density at radius 2 is 2.18 bits per heavy atom. The van der Waals surface area contributed by atoms with Crippen LogP contribution in [0.1, 0.15) is 13.3 Å². The van der Waals surface area contributed by atoms with Gasteiger partial charge >= 0.3 is 5.97 Å². The first-order valence-electron chi connectivity index (χ1n) is 3.17. The van der Waals surface area contributed by atoms with Gasteiger partial charge < -0.3 is 15.2 Å². The molecule has 1 amide bonds. The first kappa shape index (κ1) is 9.90. The zero-order valence-corrected chi connectivity index (χ0v) is 6.29. The molecular formula is C6H11NO4. The number of carbonyl (C=O) groups is 2. The molecule has 64 valence electrons. The molecular weight excluding hydrogens is 150 g/mol. The number of nitrogens with one attached hydrogen (secondary N) is 1. The molecule has 0 aromatic carbocycles. The van der Waals surface area contributed by atoms with Gasteiger partial charge in [0.2, 0.25) is 5.91 Å². The van der Waals surface area contributed by atoms with E-state index in [9.17, 15) is 9.59 Å². The van der Waals surface area contributed by atoms with Crippen molar-refractivity contribution >= 4 is 11.9 Å². The van der Waals surface area contributed by atoms with E-state index in [0.717, 1.165) is 0 Å². The second-order valence-corrected chi connectivity index (χ2v) is 1.93. The van der Waals surface area contributed by atoms with Gasteiger partial charge in [-0.25, -0.2) is 0 Å². The zero-order chi connectivity index (χ0) is 8.69. The normalized spacial score (nSPS) is 9.18. The second kappa shape index (κ2) is 5.67. The maximum absolute atomic E-state index is 10.2. The van der Waals surface area contributed by atoms with Crippen LogP contribution in [0.25, 0.3) is 0 Å². The molecule has 0 bridgehead atoms. The Morgan fingerprint density at radius 3 is 2.64 bits per heavy atom. The summed E-state index contributed by atoms with van der Waals surface area (Å²) in [4.78, 5) is 20.2.